The van der Waals surface area contributed by atoms with Gasteiger partial charge >= 0.3 is 11.9 Å². The Morgan fingerprint density at radius 2 is 1.02 bits per heavy atom. The Morgan fingerprint density at radius 1 is 0.562 bits per heavy atom. The fraction of sp³-hybridized carbons (Fsp3) is 0.690. The van der Waals surface area contributed by atoms with Crippen LogP contribution < -0.4 is 5.32 Å². The predicted molar refractivity (Wildman–Crippen MR) is 203 cm³/mol. The molecule has 0 aliphatic rings. The summed E-state index contributed by atoms with van der Waals surface area (Å²) in [5.74, 6) is -1.37. The van der Waals surface area contributed by atoms with Gasteiger partial charge in [0.1, 0.15) is 12.6 Å². The first-order valence-corrected chi connectivity index (χ1v) is 19.4. The van der Waals surface area contributed by atoms with E-state index < -0.39 is 5.97 Å². The highest BCUT2D eigenvalue weighted by Gasteiger charge is 2.11. The molecule has 48 heavy (non-hydrogen) atoms. The second kappa shape index (κ2) is 36.9. The smallest absolute Gasteiger partial charge is 0.322 e. The second-order valence-corrected chi connectivity index (χ2v) is 12.8. The summed E-state index contributed by atoms with van der Waals surface area (Å²) in [5, 5.41) is 11.1. The molecule has 0 aromatic carbocycles. The Labute approximate surface area is 294 Å². The van der Waals surface area contributed by atoms with Crippen molar-refractivity contribution in [3.63, 3.8) is 0 Å². The van der Waals surface area contributed by atoms with E-state index in [0.717, 1.165) is 83.5 Å². The average Bonchev–Trinajstić information content (AvgIpc) is 3.07. The first-order valence-electron chi connectivity index (χ1n) is 19.4. The molecule has 0 saturated carbocycles. The summed E-state index contributed by atoms with van der Waals surface area (Å²) < 4.78 is 5.86. The Balaban J connectivity index is 4.16. The summed E-state index contributed by atoms with van der Waals surface area (Å²) >= 11 is 0. The van der Waals surface area contributed by atoms with Crippen LogP contribution in [0, 0.1) is 0 Å². The van der Waals surface area contributed by atoms with Gasteiger partial charge < -0.3 is 15.2 Å². The van der Waals surface area contributed by atoms with Crippen molar-refractivity contribution in [2.45, 2.75) is 180 Å². The Hall–Kier alpha value is -2.89. The molecule has 0 radical (unpaired) electrons. The van der Waals surface area contributed by atoms with Gasteiger partial charge in [0.25, 0.3) is 0 Å². The van der Waals surface area contributed by atoms with Crippen molar-refractivity contribution in [3.05, 3.63) is 60.8 Å². The van der Waals surface area contributed by atoms with Crippen molar-refractivity contribution in [2.75, 3.05) is 6.54 Å². The van der Waals surface area contributed by atoms with Gasteiger partial charge in [-0.3, -0.25) is 14.4 Å². The van der Waals surface area contributed by atoms with Crippen molar-refractivity contribution in [3.8, 4) is 0 Å². The van der Waals surface area contributed by atoms with Crippen LogP contribution in [-0.4, -0.2) is 35.6 Å². The van der Waals surface area contributed by atoms with Gasteiger partial charge in [0.05, 0.1) is 0 Å². The van der Waals surface area contributed by atoms with E-state index in [0.29, 0.717) is 12.8 Å². The standard InChI is InChI=1S/C42H71NO5/c1-3-5-7-9-11-13-14-15-16-17-18-19-20-21-22-23-25-27-33-37-42(47)48-39(34-30-26-24-12-10-8-6-4-2)35-31-28-29-32-36-40(44)43-38-41(45)46/h11-13,15-16,18-19,24,30,34,39H,3-10,14,17,20-23,25-29,31-33,35-38H2,1-2H3,(H,43,44)(H,45,46)/b13-11-,16-15-,19-18-,24-12-,34-30-. The number of esters is 1. The molecule has 6 heteroatoms. The number of allylic oxidation sites excluding steroid dienone is 9. The highest BCUT2D eigenvalue weighted by molar-refractivity contribution is 5.80. The predicted octanol–water partition coefficient (Wildman–Crippen LogP) is 11.7. The van der Waals surface area contributed by atoms with Crippen LogP contribution in [0.2, 0.25) is 0 Å². The number of carboxylic acids is 1. The number of nitrogens with one attached hydrogen (secondary N) is 1. The molecule has 274 valence electrons. The van der Waals surface area contributed by atoms with Crippen LogP contribution in [-0.2, 0) is 19.1 Å². The molecule has 0 heterocycles. The first-order chi connectivity index (χ1) is 23.5. The number of carbonyl (C=O) groups is 3. The lowest BCUT2D eigenvalue weighted by atomic mass is 10.1. The highest BCUT2D eigenvalue weighted by Crippen LogP contribution is 2.14. The van der Waals surface area contributed by atoms with Gasteiger partial charge in [0.2, 0.25) is 5.91 Å². The van der Waals surface area contributed by atoms with E-state index in [-0.39, 0.29) is 24.5 Å². The number of rotatable bonds is 34. The van der Waals surface area contributed by atoms with Crippen molar-refractivity contribution in [2.24, 2.45) is 0 Å². The zero-order valence-corrected chi connectivity index (χ0v) is 30.8. The molecule has 0 rings (SSSR count). The van der Waals surface area contributed by atoms with E-state index in [2.05, 4.69) is 73.8 Å². The molecule has 0 aromatic heterocycles. The van der Waals surface area contributed by atoms with E-state index >= 15 is 0 Å². The maximum atomic E-state index is 12.6. The molecular weight excluding hydrogens is 598 g/mol. The van der Waals surface area contributed by atoms with Gasteiger partial charge in [0, 0.05) is 12.8 Å². The van der Waals surface area contributed by atoms with E-state index in [1.165, 1.54) is 64.2 Å². The number of carbonyl (C=O) groups excluding carboxylic acids is 2. The summed E-state index contributed by atoms with van der Waals surface area (Å²) in [5.41, 5.74) is 0. The number of unbranched alkanes of at least 4 members (excludes halogenated alkanes) is 15. The lowest BCUT2D eigenvalue weighted by Crippen LogP contribution is -2.28. The van der Waals surface area contributed by atoms with Crippen molar-refractivity contribution >= 4 is 17.8 Å². The zero-order chi connectivity index (χ0) is 35.2. The molecule has 0 aliphatic heterocycles. The minimum Gasteiger partial charge on any atom is -0.480 e. The van der Waals surface area contributed by atoms with E-state index in [1.807, 2.05) is 6.08 Å². The van der Waals surface area contributed by atoms with Gasteiger partial charge in [-0.25, -0.2) is 0 Å². The molecule has 0 aromatic rings. The molecule has 1 unspecified atom stereocenters. The molecule has 6 nitrogen and oxygen atoms in total. The van der Waals surface area contributed by atoms with Crippen LogP contribution in [0.3, 0.4) is 0 Å². The molecule has 0 spiro atoms. The fourth-order valence-electron chi connectivity index (χ4n) is 5.23. The fourth-order valence-corrected chi connectivity index (χ4v) is 5.23. The maximum Gasteiger partial charge on any atom is 0.322 e. The third-order valence-corrected chi connectivity index (χ3v) is 8.15. The van der Waals surface area contributed by atoms with Gasteiger partial charge in [-0.2, -0.15) is 0 Å². The lowest BCUT2D eigenvalue weighted by molar-refractivity contribution is -0.147. The second-order valence-electron chi connectivity index (χ2n) is 12.8. The van der Waals surface area contributed by atoms with Crippen LogP contribution >= 0.6 is 0 Å². The number of amides is 1. The Bertz CT molecular complexity index is 917. The SMILES string of the molecule is CCCCC/C=C\C/C=C\C/C=C\CCCCCCCCC(=O)OC(/C=C\C/C=C\CCCCC)CCCCCCC(=O)NCC(=O)O. The van der Waals surface area contributed by atoms with Crippen molar-refractivity contribution in [1.29, 1.82) is 0 Å². The molecular formula is C42H71NO5. The van der Waals surface area contributed by atoms with Gasteiger partial charge in [0.15, 0.2) is 0 Å². The summed E-state index contributed by atoms with van der Waals surface area (Å²) in [6.07, 6.45) is 47.8. The van der Waals surface area contributed by atoms with E-state index in [4.69, 9.17) is 9.84 Å². The van der Waals surface area contributed by atoms with E-state index in [9.17, 15) is 14.4 Å². The van der Waals surface area contributed by atoms with Crippen LogP contribution in [0.4, 0.5) is 0 Å². The maximum absolute atomic E-state index is 12.6. The van der Waals surface area contributed by atoms with E-state index in [1.54, 1.807) is 0 Å². The molecule has 0 saturated heterocycles. The summed E-state index contributed by atoms with van der Waals surface area (Å²) in [6.45, 7) is 4.12. The summed E-state index contributed by atoms with van der Waals surface area (Å²) in [7, 11) is 0. The first kappa shape index (κ1) is 45.1. The molecule has 0 bridgehead atoms. The van der Waals surface area contributed by atoms with Gasteiger partial charge in [-0.05, 0) is 89.5 Å². The summed E-state index contributed by atoms with van der Waals surface area (Å²) in [4.78, 5) is 34.9. The molecule has 2 N–H and O–H groups in total. The zero-order valence-electron chi connectivity index (χ0n) is 30.8. The third kappa shape index (κ3) is 36.0. The average molecular weight is 670 g/mol. The monoisotopic (exact) mass is 670 g/mol. The quantitative estimate of drug-likeness (QED) is 0.0404. The number of hydrogen-bond donors (Lipinski definition) is 2. The molecule has 1 amide bonds. The lowest BCUT2D eigenvalue weighted by Gasteiger charge is -2.14. The molecule has 1 atom stereocenters. The van der Waals surface area contributed by atoms with Crippen LogP contribution in [0.25, 0.3) is 0 Å². The van der Waals surface area contributed by atoms with Crippen molar-refractivity contribution in [1.82, 2.24) is 5.32 Å². The number of ether oxygens (including phenoxy) is 1. The largest absolute Gasteiger partial charge is 0.480 e. The molecule has 0 aliphatic carbocycles. The van der Waals surface area contributed by atoms with Gasteiger partial charge in [-0.1, -0.05) is 133 Å². The molecule has 0 fully saturated rings. The van der Waals surface area contributed by atoms with Crippen LogP contribution in [0.5, 0.6) is 0 Å². The number of aliphatic carboxylic acids is 1. The normalized spacial score (nSPS) is 12.7. The number of carboxylic acid groups (broad SMARTS) is 1. The van der Waals surface area contributed by atoms with Crippen LogP contribution in [0.15, 0.2) is 60.8 Å². The minimum absolute atomic E-state index is 0.114. The van der Waals surface area contributed by atoms with Crippen molar-refractivity contribution < 1.29 is 24.2 Å². The van der Waals surface area contributed by atoms with Gasteiger partial charge in [-0.15, -0.1) is 0 Å². The van der Waals surface area contributed by atoms with Crippen LogP contribution in [0.1, 0.15) is 174 Å². The topological polar surface area (TPSA) is 92.7 Å². The highest BCUT2D eigenvalue weighted by atomic mass is 16.5. The Kier molecular flexibility index (Phi) is 34.7. The number of hydrogen-bond acceptors (Lipinski definition) is 4. The summed E-state index contributed by atoms with van der Waals surface area (Å²) in [6, 6.07) is 0. The minimum atomic E-state index is -1.03. The Morgan fingerprint density at radius 3 is 1.58 bits per heavy atom. The third-order valence-electron chi connectivity index (χ3n) is 8.15.